The molecule has 3 atom stereocenters. The Morgan fingerprint density at radius 1 is 1.36 bits per heavy atom. The van der Waals surface area contributed by atoms with Gasteiger partial charge in [0.2, 0.25) is 0 Å². The molecule has 2 N–H and O–H groups in total. The topological polar surface area (TPSA) is 49.3 Å². The van der Waals surface area contributed by atoms with Gasteiger partial charge in [-0.05, 0) is 61.4 Å². The fraction of sp³-hybridized carbons (Fsp3) is 0.526. The third-order valence-electron chi connectivity index (χ3n) is 6.26. The minimum absolute atomic E-state index is 0.193. The quantitative estimate of drug-likeness (QED) is 0.651. The lowest BCUT2D eigenvalue weighted by Gasteiger charge is -2.56. The molecule has 0 amide bonds. The number of nitrogens with one attached hydrogen (secondary N) is 1. The number of fused-ring (bicyclic) bond motifs is 1. The number of rotatable bonds is 2. The molecule has 116 valence electrons. The average molecular weight is 297 g/mol. The zero-order valence-corrected chi connectivity index (χ0v) is 12.9. The van der Waals surface area contributed by atoms with Crippen LogP contribution >= 0.6 is 0 Å². The predicted molar refractivity (Wildman–Crippen MR) is 86.4 cm³/mol. The van der Waals surface area contributed by atoms with Gasteiger partial charge >= 0.3 is 0 Å². The number of benzene rings is 1. The van der Waals surface area contributed by atoms with Crippen LogP contribution in [0.5, 0.6) is 5.75 Å². The van der Waals surface area contributed by atoms with Crippen LogP contribution in [0.4, 0.5) is 0 Å². The third kappa shape index (κ3) is 1.75. The van der Waals surface area contributed by atoms with E-state index in [0.717, 1.165) is 24.9 Å². The first-order valence-corrected chi connectivity index (χ1v) is 8.43. The van der Waals surface area contributed by atoms with E-state index in [-0.39, 0.29) is 16.9 Å². The number of aromatic hydroxyl groups is 1. The Balaban J connectivity index is 1.90. The fourth-order valence-corrected chi connectivity index (χ4v) is 5.31. The second-order valence-electron chi connectivity index (χ2n) is 7.08. The molecule has 1 heterocycles. The molecule has 0 radical (unpaired) electrons. The lowest BCUT2D eigenvalue weighted by molar-refractivity contribution is 0.0787. The maximum absolute atomic E-state index is 12.0. The van der Waals surface area contributed by atoms with Gasteiger partial charge in [0.25, 0.3) is 0 Å². The van der Waals surface area contributed by atoms with Crippen molar-refractivity contribution in [1.82, 2.24) is 5.32 Å². The highest BCUT2D eigenvalue weighted by molar-refractivity contribution is 6.06. The van der Waals surface area contributed by atoms with Gasteiger partial charge in [0.05, 0.1) is 5.56 Å². The molecule has 3 nitrogen and oxygen atoms in total. The maximum Gasteiger partial charge on any atom is 0.188 e. The van der Waals surface area contributed by atoms with Gasteiger partial charge in [-0.3, -0.25) is 4.79 Å². The van der Waals surface area contributed by atoms with Crippen molar-refractivity contribution < 1.29 is 9.90 Å². The summed E-state index contributed by atoms with van der Waals surface area (Å²) in [6.45, 7) is 4.60. The highest BCUT2D eigenvalue weighted by Crippen LogP contribution is 2.55. The van der Waals surface area contributed by atoms with Crippen molar-refractivity contribution >= 4 is 5.78 Å². The van der Waals surface area contributed by atoms with E-state index < -0.39 is 0 Å². The number of phenolic OH excluding ortho intramolecular Hbond substituents is 1. The zero-order valence-electron chi connectivity index (χ0n) is 12.9. The number of carbonyl (C=O) groups excluding carboxylic acids is 1. The van der Waals surface area contributed by atoms with Gasteiger partial charge in [-0.25, -0.2) is 0 Å². The van der Waals surface area contributed by atoms with Crippen LogP contribution in [0.15, 0.2) is 24.8 Å². The van der Waals surface area contributed by atoms with Gasteiger partial charge in [-0.15, -0.1) is 0 Å². The van der Waals surface area contributed by atoms with Crippen molar-refractivity contribution in [3.8, 4) is 5.75 Å². The zero-order chi connectivity index (χ0) is 15.3. The molecule has 2 bridgehead atoms. The number of phenols is 1. The Kier molecular flexibility index (Phi) is 3.15. The first kappa shape index (κ1) is 14.0. The van der Waals surface area contributed by atoms with Crippen molar-refractivity contribution in [1.29, 1.82) is 0 Å². The molecular formula is C19H23NO2. The van der Waals surface area contributed by atoms with Crippen LogP contribution in [0.3, 0.4) is 0 Å². The molecule has 3 aliphatic rings. The summed E-state index contributed by atoms with van der Waals surface area (Å²) in [6, 6.07) is 4.37. The molecular weight excluding hydrogens is 274 g/mol. The number of piperidine rings is 1. The van der Waals surface area contributed by atoms with Gasteiger partial charge in [-0.2, -0.15) is 0 Å². The standard InChI is InChI=1S/C19H23NO2/c1-2-17(21)12-6-7-14-13(18(12)22)11-16-15-5-3-4-8-19(14,15)9-10-20-16/h2,6-7,15-16,20,22H,1,3-5,8-11H2/t15-,16+,19-/m0/s1. The lowest BCUT2D eigenvalue weighted by Crippen LogP contribution is -2.59. The van der Waals surface area contributed by atoms with Crippen molar-refractivity contribution in [2.75, 3.05) is 6.54 Å². The van der Waals surface area contributed by atoms with E-state index in [9.17, 15) is 9.90 Å². The summed E-state index contributed by atoms with van der Waals surface area (Å²) in [5, 5.41) is 14.3. The summed E-state index contributed by atoms with van der Waals surface area (Å²) in [5.74, 6) is 0.684. The summed E-state index contributed by atoms with van der Waals surface area (Å²) in [4.78, 5) is 12.0. The summed E-state index contributed by atoms with van der Waals surface area (Å²) in [7, 11) is 0. The second kappa shape index (κ2) is 4.95. The van der Waals surface area contributed by atoms with E-state index in [1.165, 1.54) is 37.3 Å². The number of hydrogen-bond acceptors (Lipinski definition) is 3. The van der Waals surface area contributed by atoms with Gasteiger partial charge in [0.1, 0.15) is 5.75 Å². The molecule has 1 saturated carbocycles. The first-order chi connectivity index (χ1) is 10.7. The van der Waals surface area contributed by atoms with Crippen LogP contribution in [0, 0.1) is 5.92 Å². The Labute approximate surface area is 131 Å². The normalized spacial score (nSPS) is 32.7. The Morgan fingerprint density at radius 3 is 3.05 bits per heavy atom. The van der Waals surface area contributed by atoms with E-state index in [1.807, 2.05) is 0 Å². The van der Waals surface area contributed by atoms with E-state index in [4.69, 9.17) is 0 Å². The molecule has 1 saturated heterocycles. The van der Waals surface area contributed by atoms with Gasteiger partial charge in [-0.1, -0.05) is 25.5 Å². The van der Waals surface area contributed by atoms with Crippen LogP contribution in [0.1, 0.15) is 53.6 Å². The lowest BCUT2D eigenvalue weighted by atomic mass is 9.52. The molecule has 3 heteroatoms. The van der Waals surface area contributed by atoms with Crippen LogP contribution in [-0.4, -0.2) is 23.5 Å². The first-order valence-electron chi connectivity index (χ1n) is 8.43. The molecule has 0 spiro atoms. The minimum atomic E-state index is -0.193. The van der Waals surface area contributed by atoms with Gasteiger partial charge in [0, 0.05) is 11.5 Å². The molecule has 22 heavy (non-hydrogen) atoms. The summed E-state index contributed by atoms with van der Waals surface area (Å²) in [5.41, 5.74) is 2.93. The number of ketones is 1. The van der Waals surface area contributed by atoms with E-state index in [1.54, 1.807) is 6.07 Å². The average Bonchev–Trinajstić information content (AvgIpc) is 2.55. The molecule has 4 rings (SSSR count). The van der Waals surface area contributed by atoms with Crippen molar-refractivity contribution in [2.45, 2.75) is 50.0 Å². The largest absolute Gasteiger partial charge is 0.507 e. The summed E-state index contributed by atoms with van der Waals surface area (Å²) in [6.07, 6.45) is 8.37. The Bertz CT molecular complexity index is 647. The van der Waals surface area contributed by atoms with Crippen molar-refractivity contribution in [2.24, 2.45) is 5.92 Å². The van der Waals surface area contributed by atoms with Crippen molar-refractivity contribution in [3.05, 3.63) is 41.5 Å². The molecule has 1 aromatic rings. The van der Waals surface area contributed by atoms with Gasteiger partial charge in [0.15, 0.2) is 5.78 Å². The second-order valence-corrected chi connectivity index (χ2v) is 7.08. The third-order valence-corrected chi connectivity index (χ3v) is 6.26. The highest BCUT2D eigenvalue weighted by atomic mass is 16.3. The van der Waals surface area contributed by atoms with Crippen LogP contribution in [0.25, 0.3) is 0 Å². The molecule has 1 aromatic carbocycles. The van der Waals surface area contributed by atoms with Crippen LogP contribution in [0.2, 0.25) is 0 Å². The van der Waals surface area contributed by atoms with E-state index in [2.05, 4.69) is 18.0 Å². The molecule has 1 aliphatic heterocycles. The van der Waals surface area contributed by atoms with Crippen molar-refractivity contribution in [3.63, 3.8) is 0 Å². The Morgan fingerprint density at radius 2 is 2.23 bits per heavy atom. The summed E-state index contributed by atoms with van der Waals surface area (Å²) >= 11 is 0. The molecule has 2 fully saturated rings. The molecule has 0 unspecified atom stereocenters. The van der Waals surface area contributed by atoms with E-state index in [0.29, 0.717) is 17.5 Å². The maximum atomic E-state index is 12.0. The smallest absolute Gasteiger partial charge is 0.188 e. The minimum Gasteiger partial charge on any atom is -0.507 e. The SMILES string of the molecule is C=CC(=O)c1ccc2c(c1O)C[C@H]1NCC[C@@]23CCCC[C@@H]13. The number of carbonyl (C=O) groups is 1. The number of allylic oxidation sites excluding steroid dienone is 1. The van der Waals surface area contributed by atoms with E-state index >= 15 is 0 Å². The highest BCUT2D eigenvalue weighted by Gasteiger charge is 2.52. The predicted octanol–water partition coefficient (Wildman–Crippen LogP) is 3.11. The monoisotopic (exact) mass is 297 g/mol. The number of hydrogen-bond donors (Lipinski definition) is 2. The fourth-order valence-electron chi connectivity index (χ4n) is 5.31. The Hall–Kier alpha value is -1.61. The van der Waals surface area contributed by atoms with Gasteiger partial charge < -0.3 is 10.4 Å². The summed E-state index contributed by atoms with van der Waals surface area (Å²) < 4.78 is 0. The molecule has 0 aromatic heterocycles. The molecule has 2 aliphatic carbocycles. The van der Waals surface area contributed by atoms with Crippen LogP contribution in [-0.2, 0) is 11.8 Å². The van der Waals surface area contributed by atoms with Crippen LogP contribution < -0.4 is 5.32 Å².